The Balaban J connectivity index is 2.17. The third-order valence-electron chi connectivity index (χ3n) is 3.59. The van der Waals surface area contributed by atoms with Crippen LogP contribution in [0.3, 0.4) is 0 Å². The highest BCUT2D eigenvalue weighted by atomic mass is 32.2. The minimum absolute atomic E-state index is 0.112. The second-order valence-corrected chi connectivity index (χ2v) is 8.16. The largest absolute Gasteiger partial charge is 0.389 e. The first-order valence-corrected chi connectivity index (χ1v) is 8.80. The van der Waals surface area contributed by atoms with Crippen molar-refractivity contribution < 1.29 is 13.5 Å². The number of aliphatic hydroxyl groups is 1. The van der Waals surface area contributed by atoms with E-state index >= 15 is 0 Å². The maximum Gasteiger partial charge on any atom is 0.218 e. The van der Waals surface area contributed by atoms with Crippen LogP contribution in [0, 0.1) is 0 Å². The van der Waals surface area contributed by atoms with E-state index in [0.29, 0.717) is 30.5 Å². The predicted molar refractivity (Wildman–Crippen MR) is 86.4 cm³/mol. The van der Waals surface area contributed by atoms with Crippen LogP contribution in [-0.4, -0.2) is 41.5 Å². The Labute approximate surface area is 130 Å². The summed E-state index contributed by atoms with van der Waals surface area (Å²) in [5.41, 5.74) is 5.91. The fraction of sp³-hybridized carbons (Fsp3) is 0.500. The monoisotopic (exact) mass is 328 g/mol. The van der Waals surface area contributed by atoms with Gasteiger partial charge in [0, 0.05) is 18.7 Å². The number of thiocarbonyl (C=S) groups is 1. The topological polar surface area (TPSA) is 83.6 Å². The standard InChI is InChI=1S/C14H20N2O3S2/c1-14(17)6-3-7-16(10-14)21(18,19)9-11-4-2-5-12(8-11)13(15)20/h2,4-5,8,17H,3,6-7,9-10H2,1H3,(H2,15,20). The van der Waals surface area contributed by atoms with E-state index in [1.54, 1.807) is 31.2 Å². The zero-order valence-electron chi connectivity index (χ0n) is 11.9. The smallest absolute Gasteiger partial charge is 0.218 e. The molecule has 1 aliphatic heterocycles. The lowest BCUT2D eigenvalue weighted by atomic mass is 9.97. The number of nitrogens with zero attached hydrogens (tertiary/aromatic N) is 1. The summed E-state index contributed by atoms with van der Waals surface area (Å²) in [5, 5.41) is 10.1. The molecular formula is C14H20N2O3S2. The summed E-state index contributed by atoms with van der Waals surface area (Å²) >= 11 is 4.90. The fourth-order valence-corrected chi connectivity index (χ4v) is 4.32. The number of benzene rings is 1. The Morgan fingerprint density at radius 1 is 1.52 bits per heavy atom. The van der Waals surface area contributed by atoms with Crippen LogP contribution < -0.4 is 5.73 Å². The van der Waals surface area contributed by atoms with Crippen molar-refractivity contribution in [3.05, 3.63) is 35.4 Å². The van der Waals surface area contributed by atoms with Crippen molar-refractivity contribution in [2.75, 3.05) is 13.1 Å². The molecule has 0 aliphatic carbocycles. The van der Waals surface area contributed by atoms with E-state index in [1.165, 1.54) is 4.31 Å². The van der Waals surface area contributed by atoms with Gasteiger partial charge in [-0.05, 0) is 31.4 Å². The Morgan fingerprint density at radius 2 is 2.24 bits per heavy atom. The highest BCUT2D eigenvalue weighted by molar-refractivity contribution is 7.88. The van der Waals surface area contributed by atoms with Gasteiger partial charge < -0.3 is 10.8 Å². The molecular weight excluding hydrogens is 308 g/mol. The van der Waals surface area contributed by atoms with Gasteiger partial charge in [-0.3, -0.25) is 0 Å². The van der Waals surface area contributed by atoms with E-state index in [4.69, 9.17) is 18.0 Å². The molecule has 7 heteroatoms. The number of nitrogens with two attached hydrogens (primary N) is 1. The van der Waals surface area contributed by atoms with Crippen molar-refractivity contribution in [1.82, 2.24) is 4.31 Å². The van der Waals surface area contributed by atoms with E-state index in [-0.39, 0.29) is 17.3 Å². The number of β-amino-alcohol motifs (C(OH)–C–C–N with tert-alkyl or cyclic N) is 1. The molecule has 1 fully saturated rings. The first-order valence-electron chi connectivity index (χ1n) is 6.79. The van der Waals surface area contributed by atoms with Gasteiger partial charge in [0.25, 0.3) is 0 Å². The van der Waals surface area contributed by atoms with Gasteiger partial charge in [-0.15, -0.1) is 0 Å². The van der Waals surface area contributed by atoms with Gasteiger partial charge in [-0.25, -0.2) is 8.42 Å². The van der Waals surface area contributed by atoms with Gasteiger partial charge >= 0.3 is 0 Å². The molecule has 1 aromatic carbocycles. The van der Waals surface area contributed by atoms with Crippen molar-refractivity contribution in [3.8, 4) is 0 Å². The summed E-state index contributed by atoms with van der Waals surface area (Å²) in [7, 11) is -3.46. The number of rotatable bonds is 4. The average Bonchev–Trinajstić information content (AvgIpc) is 2.37. The molecule has 1 saturated heterocycles. The molecule has 0 spiro atoms. The van der Waals surface area contributed by atoms with Gasteiger partial charge in [0.1, 0.15) is 4.99 Å². The molecule has 116 valence electrons. The summed E-state index contributed by atoms with van der Waals surface area (Å²) in [5.74, 6) is -0.112. The molecule has 0 saturated carbocycles. The highest BCUT2D eigenvalue weighted by Gasteiger charge is 2.34. The Kier molecular flexibility index (Phi) is 4.67. The predicted octanol–water partition coefficient (Wildman–Crippen LogP) is 0.997. The minimum atomic E-state index is -3.46. The molecule has 5 nitrogen and oxygen atoms in total. The van der Waals surface area contributed by atoms with Gasteiger partial charge in [-0.2, -0.15) is 4.31 Å². The van der Waals surface area contributed by atoms with Crippen LogP contribution in [0.15, 0.2) is 24.3 Å². The molecule has 0 aromatic heterocycles. The van der Waals surface area contributed by atoms with E-state index in [1.807, 2.05) is 0 Å². The molecule has 1 aliphatic rings. The Bertz CT molecular complexity index is 641. The average molecular weight is 328 g/mol. The zero-order chi connectivity index (χ0) is 15.7. The lowest BCUT2D eigenvalue weighted by Crippen LogP contribution is -2.48. The first-order chi connectivity index (χ1) is 9.70. The normalized spacial score (nSPS) is 23.9. The minimum Gasteiger partial charge on any atom is -0.389 e. The molecule has 1 aromatic rings. The van der Waals surface area contributed by atoms with Gasteiger partial charge in [0.15, 0.2) is 0 Å². The Morgan fingerprint density at radius 3 is 2.86 bits per heavy atom. The van der Waals surface area contributed by atoms with Crippen LogP contribution in [-0.2, 0) is 15.8 Å². The van der Waals surface area contributed by atoms with Crippen molar-refractivity contribution in [1.29, 1.82) is 0 Å². The quantitative estimate of drug-likeness (QED) is 0.806. The molecule has 0 bridgehead atoms. The lowest BCUT2D eigenvalue weighted by molar-refractivity contribution is 0.00935. The van der Waals surface area contributed by atoms with E-state index in [0.717, 1.165) is 0 Å². The van der Waals surface area contributed by atoms with Gasteiger partial charge in [0.05, 0.1) is 11.4 Å². The van der Waals surface area contributed by atoms with Crippen molar-refractivity contribution >= 4 is 27.2 Å². The maximum atomic E-state index is 12.5. The van der Waals surface area contributed by atoms with Crippen LogP contribution >= 0.6 is 12.2 Å². The van der Waals surface area contributed by atoms with E-state index < -0.39 is 15.6 Å². The summed E-state index contributed by atoms with van der Waals surface area (Å²) < 4.78 is 26.3. The van der Waals surface area contributed by atoms with Crippen molar-refractivity contribution in [3.63, 3.8) is 0 Å². The number of hydrogen-bond donors (Lipinski definition) is 2. The molecule has 0 radical (unpaired) electrons. The second kappa shape index (κ2) is 6.00. The maximum absolute atomic E-state index is 12.5. The van der Waals surface area contributed by atoms with E-state index in [9.17, 15) is 13.5 Å². The van der Waals surface area contributed by atoms with Crippen LogP contribution in [0.25, 0.3) is 0 Å². The van der Waals surface area contributed by atoms with Gasteiger partial charge in [-0.1, -0.05) is 30.4 Å². The van der Waals surface area contributed by atoms with Crippen LogP contribution in [0.5, 0.6) is 0 Å². The SMILES string of the molecule is CC1(O)CCCN(S(=O)(=O)Cc2cccc(C(N)=S)c2)C1. The molecule has 21 heavy (non-hydrogen) atoms. The van der Waals surface area contributed by atoms with E-state index in [2.05, 4.69) is 0 Å². The number of sulfonamides is 1. The third-order valence-corrected chi connectivity index (χ3v) is 5.63. The van der Waals surface area contributed by atoms with Gasteiger partial charge in [0.2, 0.25) is 10.0 Å². The van der Waals surface area contributed by atoms with Crippen molar-refractivity contribution in [2.24, 2.45) is 5.73 Å². The third kappa shape index (κ3) is 4.23. The van der Waals surface area contributed by atoms with Crippen LogP contribution in [0.1, 0.15) is 30.9 Å². The molecule has 1 heterocycles. The Hall–Kier alpha value is -1.02. The summed E-state index contributed by atoms with van der Waals surface area (Å²) in [4.78, 5) is 0.246. The molecule has 2 rings (SSSR count). The van der Waals surface area contributed by atoms with Crippen molar-refractivity contribution in [2.45, 2.75) is 31.1 Å². The molecule has 3 N–H and O–H groups in total. The summed E-state index contributed by atoms with van der Waals surface area (Å²) in [6.07, 6.45) is 1.29. The molecule has 1 atom stereocenters. The number of hydrogen-bond acceptors (Lipinski definition) is 4. The second-order valence-electron chi connectivity index (χ2n) is 5.75. The number of piperidine rings is 1. The summed E-state index contributed by atoms with van der Waals surface area (Å²) in [6, 6.07) is 6.93. The molecule has 1 unspecified atom stereocenters. The first kappa shape index (κ1) is 16.4. The van der Waals surface area contributed by atoms with Crippen LogP contribution in [0.2, 0.25) is 0 Å². The lowest BCUT2D eigenvalue weighted by Gasteiger charge is -2.36. The fourth-order valence-electron chi connectivity index (χ4n) is 2.53. The summed E-state index contributed by atoms with van der Waals surface area (Å²) in [6.45, 7) is 2.26. The zero-order valence-corrected chi connectivity index (χ0v) is 13.6. The molecule has 0 amide bonds. The highest BCUT2D eigenvalue weighted by Crippen LogP contribution is 2.24. The van der Waals surface area contributed by atoms with Crippen LogP contribution in [0.4, 0.5) is 0 Å².